The lowest BCUT2D eigenvalue weighted by molar-refractivity contribution is -0.121. The second-order valence-corrected chi connectivity index (χ2v) is 4.73. The maximum Gasteiger partial charge on any atom is 0.265 e. The van der Waals surface area contributed by atoms with E-state index >= 15 is 0 Å². The minimum Gasteiger partial charge on any atom is -0.482 e. The van der Waals surface area contributed by atoms with Gasteiger partial charge in [0.05, 0.1) is 11.6 Å². The molecule has 0 saturated heterocycles. The number of carbonyl (C=O) groups is 2. The predicted octanol–water partition coefficient (Wildman–Crippen LogP) is 2.41. The molecule has 0 radical (unpaired) electrons. The van der Waals surface area contributed by atoms with Gasteiger partial charge < -0.3 is 9.64 Å². The standard InChI is InChI=1S/C14H14ClNO3/c1-9(2)7-16-11-5-10(12(17)6-15)3-4-13(11)19-8-14(16)18/h3-5H,1,6-8H2,2H3. The molecule has 5 heteroatoms. The molecule has 0 bridgehead atoms. The van der Waals surface area contributed by atoms with Crippen LogP contribution in [-0.4, -0.2) is 30.7 Å². The summed E-state index contributed by atoms with van der Waals surface area (Å²) in [5.74, 6) is 0.171. The van der Waals surface area contributed by atoms with Crippen LogP contribution >= 0.6 is 11.6 Å². The number of halogens is 1. The van der Waals surface area contributed by atoms with Crippen LogP contribution in [0.3, 0.4) is 0 Å². The average Bonchev–Trinajstić information content (AvgIpc) is 2.40. The fraction of sp³-hybridized carbons (Fsp3) is 0.286. The van der Waals surface area contributed by atoms with Gasteiger partial charge in [-0.15, -0.1) is 11.6 Å². The van der Waals surface area contributed by atoms with E-state index < -0.39 is 0 Å². The summed E-state index contributed by atoms with van der Waals surface area (Å²) < 4.78 is 5.35. The number of fused-ring (bicyclic) bond motifs is 1. The Hall–Kier alpha value is -1.81. The highest BCUT2D eigenvalue weighted by atomic mass is 35.5. The Morgan fingerprint density at radius 3 is 2.89 bits per heavy atom. The van der Waals surface area contributed by atoms with Crippen molar-refractivity contribution in [2.45, 2.75) is 6.92 Å². The lowest BCUT2D eigenvalue weighted by Gasteiger charge is -2.29. The van der Waals surface area contributed by atoms with Gasteiger partial charge in [0.2, 0.25) is 0 Å². The summed E-state index contributed by atoms with van der Waals surface area (Å²) in [6, 6.07) is 4.98. The molecule has 1 aromatic rings. The van der Waals surface area contributed by atoms with Crippen LogP contribution in [0.15, 0.2) is 30.4 Å². The summed E-state index contributed by atoms with van der Waals surface area (Å²) in [4.78, 5) is 25.1. The highest BCUT2D eigenvalue weighted by molar-refractivity contribution is 6.30. The molecule has 2 rings (SSSR count). The highest BCUT2D eigenvalue weighted by Crippen LogP contribution is 2.33. The van der Waals surface area contributed by atoms with Crippen molar-refractivity contribution in [3.05, 3.63) is 35.9 Å². The minimum atomic E-state index is -0.183. The number of carbonyl (C=O) groups excluding carboxylic acids is 2. The Kier molecular flexibility index (Phi) is 3.90. The molecule has 0 N–H and O–H groups in total. The number of ether oxygens (including phenoxy) is 1. The summed E-state index contributed by atoms with van der Waals surface area (Å²) in [7, 11) is 0. The third-order valence-corrected chi connectivity index (χ3v) is 3.02. The average molecular weight is 280 g/mol. The first-order chi connectivity index (χ1) is 9.02. The summed E-state index contributed by atoms with van der Waals surface area (Å²) >= 11 is 5.54. The summed E-state index contributed by atoms with van der Waals surface area (Å²) in [5, 5.41) is 0. The van der Waals surface area contributed by atoms with E-state index in [1.54, 1.807) is 23.1 Å². The van der Waals surface area contributed by atoms with E-state index in [1.165, 1.54) is 0 Å². The molecule has 1 aliphatic heterocycles. The van der Waals surface area contributed by atoms with E-state index in [2.05, 4.69) is 6.58 Å². The van der Waals surface area contributed by atoms with Gasteiger partial charge in [-0.05, 0) is 25.1 Å². The molecule has 0 unspecified atom stereocenters. The number of alkyl halides is 1. The largest absolute Gasteiger partial charge is 0.482 e. The predicted molar refractivity (Wildman–Crippen MR) is 74.2 cm³/mol. The first-order valence-corrected chi connectivity index (χ1v) is 6.37. The second kappa shape index (κ2) is 5.45. The van der Waals surface area contributed by atoms with E-state index in [9.17, 15) is 9.59 Å². The van der Waals surface area contributed by atoms with Gasteiger partial charge in [-0.1, -0.05) is 12.2 Å². The molecule has 1 aromatic carbocycles. The fourth-order valence-electron chi connectivity index (χ4n) is 1.90. The molecule has 100 valence electrons. The maximum atomic E-state index is 11.9. The zero-order valence-electron chi connectivity index (χ0n) is 10.6. The molecule has 0 fully saturated rings. The summed E-state index contributed by atoms with van der Waals surface area (Å²) in [6.07, 6.45) is 0. The molecule has 0 aromatic heterocycles. The molecule has 1 amide bonds. The topological polar surface area (TPSA) is 46.6 Å². The van der Waals surface area contributed by atoms with Gasteiger partial charge >= 0.3 is 0 Å². The Balaban J connectivity index is 2.43. The van der Waals surface area contributed by atoms with Crippen molar-refractivity contribution in [3.8, 4) is 5.75 Å². The molecular formula is C14H14ClNO3. The molecule has 4 nitrogen and oxygen atoms in total. The molecule has 0 spiro atoms. The SMILES string of the molecule is C=C(C)CN1C(=O)COc2ccc(C(=O)CCl)cc21. The van der Waals surface area contributed by atoms with Crippen molar-refractivity contribution in [2.75, 3.05) is 23.9 Å². The zero-order valence-corrected chi connectivity index (χ0v) is 11.4. The number of hydrogen-bond acceptors (Lipinski definition) is 3. The first kappa shape index (κ1) is 13.6. The van der Waals surface area contributed by atoms with Gasteiger partial charge in [-0.25, -0.2) is 0 Å². The van der Waals surface area contributed by atoms with Gasteiger partial charge in [0.25, 0.3) is 5.91 Å². The van der Waals surface area contributed by atoms with Gasteiger partial charge in [-0.3, -0.25) is 9.59 Å². The van der Waals surface area contributed by atoms with Gasteiger partial charge in [0.15, 0.2) is 12.4 Å². The summed E-state index contributed by atoms with van der Waals surface area (Å²) in [5.41, 5.74) is 1.92. The van der Waals surface area contributed by atoms with Crippen molar-refractivity contribution in [1.82, 2.24) is 0 Å². The van der Waals surface area contributed by atoms with Crippen LogP contribution in [0, 0.1) is 0 Å². The Morgan fingerprint density at radius 2 is 2.26 bits per heavy atom. The van der Waals surface area contributed by atoms with Crippen molar-refractivity contribution in [3.63, 3.8) is 0 Å². The van der Waals surface area contributed by atoms with E-state index in [4.69, 9.17) is 16.3 Å². The van der Waals surface area contributed by atoms with Crippen LogP contribution in [0.5, 0.6) is 5.75 Å². The third kappa shape index (κ3) is 2.79. The molecule has 0 aliphatic carbocycles. The quantitative estimate of drug-likeness (QED) is 0.483. The number of Topliss-reactive ketones (excluding diaryl/α,β-unsaturated/α-hetero) is 1. The monoisotopic (exact) mass is 279 g/mol. The van der Waals surface area contributed by atoms with Crippen LogP contribution in [-0.2, 0) is 4.79 Å². The third-order valence-electron chi connectivity index (χ3n) is 2.77. The van der Waals surface area contributed by atoms with Crippen LogP contribution in [0.25, 0.3) is 0 Å². The maximum absolute atomic E-state index is 11.9. The van der Waals surface area contributed by atoms with E-state index in [-0.39, 0.29) is 24.2 Å². The van der Waals surface area contributed by atoms with Crippen molar-refractivity contribution in [1.29, 1.82) is 0 Å². The van der Waals surface area contributed by atoms with Crippen LogP contribution in [0.4, 0.5) is 5.69 Å². The number of benzene rings is 1. The van der Waals surface area contributed by atoms with Crippen LogP contribution in [0.2, 0.25) is 0 Å². The van der Waals surface area contributed by atoms with Gasteiger partial charge in [0.1, 0.15) is 5.75 Å². The minimum absolute atomic E-state index is 0.00305. The number of rotatable bonds is 4. The van der Waals surface area contributed by atoms with E-state index in [0.29, 0.717) is 23.5 Å². The fourth-order valence-corrected chi connectivity index (χ4v) is 2.05. The Labute approximate surface area is 116 Å². The Bertz CT molecular complexity index is 554. The molecule has 1 heterocycles. The molecule has 0 saturated carbocycles. The molecule has 0 atom stereocenters. The zero-order chi connectivity index (χ0) is 14.0. The summed E-state index contributed by atoms with van der Waals surface area (Å²) in [6.45, 7) is 6.06. The van der Waals surface area contributed by atoms with Crippen molar-refractivity contribution < 1.29 is 14.3 Å². The lowest BCUT2D eigenvalue weighted by Crippen LogP contribution is -2.39. The highest BCUT2D eigenvalue weighted by Gasteiger charge is 2.26. The number of amides is 1. The van der Waals surface area contributed by atoms with Gasteiger partial charge in [-0.2, -0.15) is 0 Å². The number of nitrogens with zero attached hydrogens (tertiary/aromatic N) is 1. The Morgan fingerprint density at radius 1 is 1.53 bits per heavy atom. The van der Waals surface area contributed by atoms with Crippen molar-refractivity contribution in [2.24, 2.45) is 0 Å². The smallest absolute Gasteiger partial charge is 0.265 e. The van der Waals surface area contributed by atoms with E-state index in [0.717, 1.165) is 5.57 Å². The molecule has 1 aliphatic rings. The number of hydrogen-bond donors (Lipinski definition) is 0. The van der Waals surface area contributed by atoms with Crippen LogP contribution < -0.4 is 9.64 Å². The molecule has 19 heavy (non-hydrogen) atoms. The normalized spacial score (nSPS) is 13.8. The van der Waals surface area contributed by atoms with Gasteiger partial charge in [0, 0.05) is 12.1 Å². The van der Waals surface area contributed by atoms with E-state index in [1.807, 2.05) is 6.92 Å². The second-order valence-electron chi connectivity index (χ2n) is 4.46. The molecular weight excluding hydrogens is 266 g/mol. The number of anilines is 1. The van der Waals surface area contributed by atoms with Crippen molar-refractivity contribution >= 4 is 29.0 Å². The lowest BCUT2D eigenvalue weighted by atomic mass is 10.1. The first-order valence-electron chi connectivity index (χ1n) is 5.83. The van der Waals surface area contributed by atoms with Crippen LogP contribution in [0.1, 0.15) is 17.3 Å². The number of ketones is 1.